The Balaban J connectivity index is 1.54. The number of hydrogen-bond acceptors (Lipinski definition) is 5. The SMILES string of the molecule is COCCCNC(=O)c1c(NC(=O)CCNC(=O)Nc2ccccc2)sc2c1CCCC2. The van der Waals surface area contributed by atoms with Crippen LogP contribution < -0.4 is 21.3 Å². The molecule has 2 aromatic rings. The Morgan fingerprint density at radius 1 is 1.00 bits per heavy atom. The molecular weight excluding hydrogens is 428 g/mol. The number of carbonyl (C=O) groups is 3. The van der Waals surface area contributed by atoms with Crippen LogP contribution in [0, 0.1) is 0 Å². The highest BCUT2D eigenvalue weighted by Crippen LogP contribution is 2.38. The van der Waals surface area contributed by atoms with Crippen molar-refractivity contribution in [3.05, 3.63) is 46.3 Å². The van der Waals surface area contributed by atoms with Crippen molar-refractivity contribution in [3.63, 3.8) is 0 Å². The third-order valence-corrected chi connectivity index (χ3v) is 6.34. The molecule has 172 valence electrons. The smallest absolute Gasteiger partial charge is 0.319 e. The Bertz CT molecular complexity index is 930. The largest absolute Gasteiger partial charge is 0.385 e. The van der Waals surface area contributed by atoms with Crippen LogP contribution in [0.25, 0.3) is 0 Å². The van der Waals surface area contributed by atoms with Crippen molar-refractivity contribution in [1.82, 2.24) is 10.6 Å². The molecule has 1 aromatic carbocycles. The fraction of sp³-hybridized carbons (Fsp3) is 0.435. The standard InChI is InChI=1S/C23H30N4O4S/c1-31-15-7-13-24-21(29)20-17-10-5-6-11-18(17)32-22(20)27-19(28)12-14-25-23(30)26-16-8-3-2-4-9-16/h2-4,8-9H,5-7,10-15H2,1H3,(H,24,29)(H,27,28)(H2,25,26,30). The van der Waals surface area contributed by atoms with E-state index in [0.29, 0.717) is 29.4 Å². The Morgan fingerprint density at radius 2 is 1.78 bits per heavy atom. The van der Waals surface area contributed by atoms with Gasteiger partial charge in [-0.05, 0) is 49.8 Å². The van der Waals surface area contributed by atoms with Gasteiger partial charge in [0.25, 0.3) is 5.91 Å². The maximum absolute atomic E-state index is 12.9. The lowest BCUT2D eigenvalue weighted by atomic mass is 9.95. The summed E-state index contributed by atoms with van der Waals surface area (Å²) in [5.74, 6) is -0.395. The maximum Gasteiger partial charge on any atom is 0.319 e. The molecule has 9 heteroatoms. The molecule has 3 rings (SSSR count). The molecule has 0 atom stereocenters. The number of amides is 4. The van der Waals surface area contributed by atoms with Crippen LogP contribution in [0.3, 0.4) is 0 Å². The third-order valence-electron chi connectivity index (χ3n) is 5.13. The molecule has 0 saturated heterocycles. The summed E-state index contributed by atoms with van der Waals surface area (Å²) in [6, 6.07) is 8.72. The van der Waals surface area contributed by atoms with Gasteiger partial charge >= 0.3 is 6.03 Å². The fourth-order valence-corrected chi connectivity index (χ4v) is 4.88. The van der Waals surface area contributed by atoms with E-state index < -0.39 is 0 Å². The van der Waals surface area contributed by atoms with E-state index in [2.05, 4.69) is 21.3 Å². The van der Waals surface area contributed by atoms with Crippen LogP contribution in [0.4, 0.5) is 15.5 Å². The normalized spacial score (nSPS) is 12.5. The van der Waals surface area contributed by atoms with E-state index in [0.717, 1.165) is 37.7 Å². The number of urea groups is 1. The molecule has 0 saturated carbocycles. The lowest BCUT2D eigenvalue weighted by Crippen LogP contribution is -2.31. The summed E-state index contributed by atoms with van der Waals surface area (Å²) in [7, 11) is 1.63. The molecule has 0 aliphatic heterocycles. The van der Waals surface area contributed by atoms with E-state index >= 15 is 0 Å². The number of hydrogen-bond donors (Lipinski definition) is 4. The van der Waals surface area contributed by atoms with Gasteiger partial charge in [-0.1, -0.05) is 18.2 Å². The number of aryl methyl sites for hydroxylation is 1. The quantitative estimate of drug-likeness (QED) is 0.408. The van der Waals surface area contributed by atoms with Gasteiger partial charge < -0.3 is 26.0 Å². The summed E-state index contributed by atoms with van der Waals surface area (Å²) in [6.45, 7) is 1.29. The van der Waals surface area contributed by atoms with E-state index in [4.69, 9.17) is 4.74 Å². The van der Waals surface area contributed by atoms with Crippen LogP contribution in [-0.2, 0) is 22.4 Å². The molecule has 4 amide bonds. The summed E-state index contributed by atoms with van der Waals surface area (Å²) in [6.07, 6.45) is 4.76. The fourth-order valence-electron chi connectivity index (χ4n) is 3.58. The van der Waals surface area contributed by atoms with E-state index in [9.17, 15) is 14.4 Å². The Hall–Kier alpha value is -2.91. The first-order valence-electron chi connectivity index (χ1n) is 10.9. The number of nitrogens with one attached hydrogen (secondary N) is 4. The van der Waals surface area contributed by atoms with Gasteiger partial charge in [-0.25, -0.2) is 4.79 Å². The first-order chi connectivity index (χ1) is 15.6. The van der Waals surface area contributed by atoms with Crippen LogP contribution in [0.2, 0.25) is 0 Å². The molecule has 0 bridgehead atoms. The van der Waals surface area contributed by atoms with Crippen molar-refractivity contribution in [2.45, 2.75) is 38.5 Å². The van der Waals surface area contributed by atoms with Gasteiger partial charge in [0, 0.05) is 43.8 Å². The molecule has 0 spiro atoms. The van der Waals surface area contributed by atoms with Gasteiger partial charge in [0.15, 0.2) is 0 Å². The van der Waals surface area contributed by atoms with Crippen molar-refractivity contribution in [3.8, 4) is 0 Å². The van der Waals surface area contributed by atoms with Gasteiger partial charge in [-0.15, -0.1) is 11.3 Å². The van der Waals surface area contributed by atoms with Crippen molar-refractivity contribution in [1.29, 1.82) is 0 Å². The number of thiophene rings is 1. The number of fused-ring (bicyclic) bond motifs is 1. The summed E-state index contributed by atoms with van der Waals surface area (Å²) in [5.41, 5.74) is 2.33. The Labute approximate surface area is 192 Å². The van der Waals surface area contributed by atoms with Crippen LogP contribution in [0.15, 0.2) is 30.3 Å². The third kappa shape index (κ3) is 6.80. The topological polar surface area (TPSA) is 109 Å². The molecule has 0 fully saturated rings. The zero-order valence-electron chi connectivity index (χ0n) is 18.3. The zero-order valence-corrected chi connectivity index (χ0v) is 19.1. The van der Waals surface area contributed by atoms with Crippen molar-refractivity contribution >= 4 is 39.9 Å². The van der Waals surface area contributed by atoms with Crippen LogP contribution in [-0.4, -0.2) is 44.7 Å². The van der Waals surface area contributed by atoms with Crippen LogP contribution in [0.1, 0.15) is 46.5 Å². The van der Waals surface area contributed by atoms with E-state index in [1.54, 1.807) is 19.2 Å². The first-order valence-corrected chi connectivity index (χ1v) is 11.7. The molecular formula is C23H30N4O4S. The van der Waals surface area contributed by atoms with Crippen molar-refractivity contribution in [2.75, 3.05) is 37.4 Å². The number of anilines is 2. The summed E-state index contributed by atoms with van der Waals surface area (Å²) in [5, 5.41) is 11.8. The highest BCUT2D eigenvalue weighted by molar-refractivity contribution is 7.17. The molecule has 1 heterocycles. The number of para-hydroxylation sites is 1. The summed E-state index contributed by atoms with van der Waals surface area (Å²) >= 11 is 1.49. The van der Waals surface area contributed by atoms with Crippen LogP contribution >= 0.6 is 11.3 Å². The molecule has 1 aromatic heterocycles. The first kappa shape index (κ1) is 23.7. The highest BCUT2D eigenvalue weighted by Gasteiger charge is 2.26. The minimum atomic E-state index is -0.369. The van der Waals surface area contributed by atoms with Crippen molar-refractivity contribution < 1.29 is 19.1 Å². The Morgan fingerprint density at radius 3 is 2.56 bits per heavy atom. The second-order valence-corrected chi connectivity index (χ2v) is 8.67. The zero-order chi connectivity index (χ0) is 22.8. The van der Waals surface area contributed by atoms with Crippen molar-refractivity contribution in [2.24, 2.45) is 0 Å². The number of ether oxygens (including phenoxy) is 1. The van der Waals surface area contributed by atoms with E-state index in [1.165, 1.54) is 16.2 Å². The van der Waals surface area contributed by atoms with E-state index in [1.807, 2.05) is 18.2 Å². The minimum Gasteiger partial charge on any atom is -0.385 e. The number of carbonyl (C=O) groups excluding carboxylic acids is 3. The lowest BCUT2D eigenvalue weighted by Gasteiger charge is -2.13. The van der Waals surface area contributed by atoms with Gasteiger partial charge in [-0.3, -0.25) is 9.59 Å². The molecule has 1 aliphatic rings. The van der Waals surface area contributed by atoms with Gasteiger partial charge in [0.1, 0.15) is 5.00 Å². The molecule has 32 heavy (non-hydrogen) atoms. The summed E-state index contributed by atoms with van der Waals surface area (Å²) in [4.78, 5) is 38.5. The number of benzene rings is 1. The molecule has 1 aliphatic carbocycles. The van der Waals surface area contributed by atoms with Gasteiger partial charge in [0.05, 0.1) is 5.56 Å². The monoisotopic (exact) mass is 458 g/mol. The number of methoxy groups -OCH3 is 1. The molecule has 0 unspecified atom stereocenters. The molecule has 0 radical (unpaired) electrons. The van der Waals surface area contributed by atoms with Crippen LogP contribution in [0.5, 0.6) is 0 Å². The second-order valence-electron chi connectivity index (χ2n) is 7.56. The molecule has 4 N–H and O–H groups in total. The van der Waals surface area contributed by atoms with Gasteiger partial charge in [0.2, 0.25) is 5.91 Å². The number of rotatable bonds is 10. The average Bonchev–Trinajstić information content (AvgIpc) is 3.15. The van der Waals surface area contributed by atoms with E-state index in [-0.39, 0.29) is 30.8 Å². The minimum absolute atomic E-state index is 0.111. The summed E-state index contributed by atoms with van der Waals surface area (Å²) < 4.78 is 5.03. The predicted molar refractivity (Wildman–Crippen MR) is 126 cm³/mol. The molecule has 8 nitrogen and oxygen atoms in total. The second kappa shape index (κ2) is 12.2. The Kier molecular flexibility index (Phi) is 9.06. The van der Waals surface area contributed by atoms with Gasteiger partial charge in [-0.2, -0.15) is 0 Å². The predicted octanol–water partition coefficient (Wildman–Crippen LogP) is 3.54. The highest BCUT2D eigenvalue weighted by atomic mass is 32.1. The average molecular weight is 459 g/mol. The maximum atomic E-state index is 12.9. The lowest BCUT2D eigenvalue weighted by molar-refractivity contribution is -0.116.